The summed E-state index contributed by atoms with van der Waals surface area (Å²) >= 11 is 0. The Labute approximate surface area is 168 Å². The van der Waals surface area contributed by atoms with Gasteiger partial charge >= 0.3 is 5.97 Å². The van der Waals surface area contributed by atoms with Crippen molar-refractivity contribution in [1.82, 2.24) is 14.3 Å². The van der Waals surface area contributed by atoms with E-state index in [1.54, 1.807) is 18.5 Å². The van der Waals surface area contributed by atoms with E-state index in [1.807, 2.05) is 30.3 Å². The smallest absolute Gasteiger partial charge is 0.341 e. The molecule has 6 heteroatoms. The van der Waals surface area contributed by atoms with Gasteiger partial charge in [-0.05, 0) is 47.4 Å². The number of aromatic carboxylic acids is 1. The Kier molecular flexibility index (Phi) is 5.10. The number of hydrogen-bond donors (Lipinski definition) is 1. The number of pyridine rings is 3. The molecule has 0 saturated carbocycles. The minimum atomic E-state index is -1.21. The number of hydrogen-bond acceptors (Lipinski definition) is 4. The maximum absolute atomic E-state index is 12.4. The van der Waals surface area contributed by atoms with Crippen LogP contribution in [-0.4, -0.2) is 38.4 Å². The van der Waals surface area contributed by atoms with Crippen LogP contribution in [0.5, 0.6) is 0 Å². The molecule has 6 nitrogen and oxygen atoms in total. The minimum Gasteiger partial charge on any atom is -0.477 e. The quantitative estimate of drug-likeness (QED) is 0.727. The van der Waals surface area contributed by atoms with Crippen LogP contribution in [-0.2, 0) is 6.54 Å². The molecule has 29 heavy (non-hydrogen) atoms. The van der Waals surface area contributed by atoms with Crippen LogP contribution in [0, 0.1) is 0 Å². The molecule has 4 heterocycles. The lowest BCUT2D eigenvalue weighted by Gasteiger charge is -2.27. The van der Waals surface area contributed by atoms with Crippen LogP contribution in [0.2, 0.25) is 0 Å². The normalized spacial score (nSPS) is 14.6. The fraction of sp³-hybridized carbons (Fsp3) is 0.174. The fourth-order valence-corrected chi connectivity index (χ4v) is 3.76. The Morgan fingerprint density at radius 2 is 2.14 bits per heavy atom. The van der Waals surface area contributed by atoms with Gasteiger partial charge < -0.3 is 5.11 Å². The summed E-state index contributed by atoms with van der Waals surface area (Å²) in [6.07, 6.45) is 8.22. The second kappa shape index (κ2) is 7.85. The van der Waals surface area contributed by atoms with Crippen molar-refractivity contribution in [2.75, 3.05) is 13.1 Å². The molecule has 0 atom stereocenters. The van der Waals surface area contributed by atoms with E-state index in [9.17, 15) is 14.7 Å². The summed E-state index contributed by atoms with van der Waals surface area (Å²) in [6, 6.07) is 10.8. The number of rotatable bonds is 5. The highest BCUT2D eigenvalue weighted by molar-refractivity contribution is 5.88. The van der Waals surface area contributed by atoms with E-state index in [2.05, 4.69) is 22.5 Å². The monoisotopic (exact) mass is 387 g/mol. The maximum atomic E-state index is 12.4. The molecule has 0 fully saturated rings. The van der Waals surface area contributed by atoms with Crippen LogP contribution >= 0.6 is 0 Å². The zero-order valence-corrected chi connectivity index (χ0v) is 15.9. The molecule has 0 aromatic carbocycles. The summed E-state index contributed by atoms with van der Waals surface area (Å²) in [7, 11) is 0. The van der Waals surface area contributed by atoms with Gasteiger partial charge in [0.25, 0.3) is 5.56 Å². The first-order valence-corrected chi connectivity index (χ1v) is 9.44. The van der Waals surface area contributed by atoms with Crippen molar-refractivity contribution in [2.45, 2.75) is 13.0 Å². The highest BCUT2D eigenvalue weighted by atomic mass is 16.4. The largest absolute Gasteiger partial charge is 0.477 e. The predicted molar refractivity (Wildman–Crippen MR) is 113 cm³/mol. The van der Waals surface area contributed by atoms with Crippen molar-refractivity contribution in [3.05, 3.63) is 94.2 Å². The average Bonchev–Trinajstić information content (AvgIpc) is 2.76. The highest BCUT2D eigenvalue weighted by Gasteiger charge is 2.19. The van der Waals surface area contributed by atoms with E-state index >= 15 is 0 Å². The van der Waals surface area contributed by atoms with Gasteiger partial charge in [0.05, 0.1) is 11.2 Å². The molecule has 3 aromatic rings. The molecule has 1 N–H and O–H groups in total. The third-order valence-electron chi connectivity index (χ3n) is 5.24. The van der Waals surface area contributed by atoms with Gasteiger partial charge in [0.2, 0.25) is 0 Å². The zero-order valence-electron chi connectivity index (χ0n) is 15.9. The molecule has 0 unspecified atom stereocenters. The Morgan fingerprint density at radius 3 is 2.86 bits per heavy atom. The SMILES string of the molecule is C=Cc1cccnc1C1=CCN(Cc2cc(C(=O)O)c(=O)n3ccccc23)CC1. The standard InChI is InChI=1S/C23H21N3O3/c1-2-16-6-5-10-24-21(16)17-8-12-25(13-9-17)15-18-14-19(23(28)29)22(27)26-11-4-3-7-20(18)26/h2-8,10-11,14H,1,9,12-13,15H2,(H,28,29). The molecule has 0 amide bonds. The van der Waals surface area contributed by atoms with Gasteiger partial charge in [-0.25, -0.2) is 4.79 Å². The summed E-state index contributed by atoms with van der Waals surface area (Å²) < 4.78 is 1.41. The van der Waals surface area contributed by atoms with E-state index in [1.165, 1.54) is 16.0 Å². The van der Waals surface area contributed by atoms with Crippen molar-refractivity contribution in [1.29, 1.82) is 0 Å². The molecule has 0 bridgehead atoms. The number of aromatic nitrogens is 2. The first-order valence-electron chi connectivity index (χ1n) is 9.44. The molecule has 0 radical (unpaired) electrons. The van der Waals surface area contributed by atoms with Gasteiger partial charge in [0.1, 0.15) is 5.56 Å². The van der Waals surface area contributed by atoms with Gasteiger partial charge in [-0.15, -0.1) is 0 Å². The van der Waals surface area contributed by atoms with Gasteiger partial charge in [-0.3, -0.25) is 19.1 Å². The lowest BCUT2D eigenvalue weighted by Crippen LogP contribution is -2.30. The molecule has 0 saturated heterocycles. The van der Waals surface area contributed by atoms with E-state index in [0.717, 1.165) is 41.8 Å². The number of fused-ring (bicyclic) bond motifs is 1. The molecule has 0 aliphatic carbocycles. The number of carboxylic acids is 1. The maximum Gasteiger partial charge on any atom is 0.341 e. The van der Waals surface area contributed by atoms with Crippen molar-refractivity contribution >= 4 is 23.1 Å². The van der Waals surface area contributed by atoms with E-state index in [4.69, 9.17) is 0 Å². The van der Waals surface area contributed by atoms with Crippen molar-refractivity contribution in [3.63, 3.8) is 0 Å². The Balaban J connectivity index is 1.63. The highest BCUT2D eigenvalue weighted by Crippen LogP contribution is 2.25. The molecule has 4 rings (SSSR count). The molecule has 0 spiro atoms. The first kappa shape index (κ1) is 18.8. The van der Waals surface area contributed by atoms with Crippen LogP contribution in [0.25, 0.3) is 17.2 Å². The van der Waals surface area contributed by atoms with Gasteiger partial charge in [-0.2, -0.15) is 0 Å². The lowest BCUT2D eigenvalue weighted by atomic mass is 9.99. The van der Waals surface area contributed by atoms with Crippen LogP contribution in [0.15, 0.2) is 66.2 Å². The zero-order chi connectivity index (χ0) is 20.4. The Bertz CT molecular complexity index is 1190. The van der Waals surface area contributed by atoms with Crippen LogP contribution in [0.3, 0.4) is 0 Å². The molecular formula is C23H21N3O3. The predicted octanol–water partition coefficient (Wildman–Crippen LogP) is 3.33. The molecular weight excluding hydrogens is 366 g/mol. The van der Waals surface area contributed by atoms with E-state index in [0.29, 0.717) is 6.54 Å². The molecule has 1 aliphatic heterocycles. The van der Waals surface area contributed by atoms with Gasteiger partial charge in [0, 0.05) is 32.0 Å². The molecule has 146 valence electrons. The van der Waals surface area contributed by atoms with Crippen molar-refractivity contribution < 1.29 is 9.90 Å². The summed E-state index contributed by atoms with van der Waals surface area (Å²) in [6.45, 7) is 5.97. The molecule has 3 aromatic heterocycles. The topological polar surface area (TPSA) is 74.9 Å². The number of nitrogens with zero attached hydrogens (tertiary/aromatic N) is 3. The van der Waals surface area contributed by atoms with Crippen molar-refractivity contribution in [3.8, 4) is 0 Å². The van der Waals surface area contributed by atoms with E-state index < -0.39 is 11.5 Å². The average molecular weight is 387 g/mol. The fourth-order valence-electron chi connectivity index (χ4n) is 3.76. The minimum absolute atomic E-state index is 0.207. The third kappa shape index (κ3) is 3.62. The number of carboxylic acid groups (broad SMARTS) is 1. The van der Waals surface area contributed by atoms with E-state index in [-0.39, 0.29) is 5.56 Å². The summed E-state index contributed by atoms with van der Waals surface area (Å²) in [5, 5.41) is 9.41. The van der Waals surface area contributed by atoms with Crippen molar-refractivity contribution in [2.24, 2.45) is 0 Å². The van der Waals surface area contributed by atoms with Crippen LogP contribution < -0.4 is 5.56 Å². The first-order chi connectivity index (χ1) is 14.1. The van der Waals surface area contributed by atoms with Gasteiger partial charge in [-0.1, -0.05) is 30.9 Å². The second-order valence-electron chi connectivity index (χ2n) is 7.01. The summed E-state index contributed by atoms with van der Waals surface area (Å²) in [5.41, 5.74) is 4.02. The van der Waals surface area contributed by atoms with Crippen LogP contribution in [0.1, 0.15) is 33.6 Å². The van der Waals surface area contributed by atoms with Gasteiger partial charge in [0.15, 0.2) is 0 Å². The second-order valence-corrected chi connectivity index (χ2v) is 7.01. The third-order valence-corrected chi connectivity index (χ3v) is 5.24. The summed E-state index contributed by atoms with van der Waals surface area (Å²) in [5.74, 6) is -1.21. The summed E-state index contributed by atoms with van der Waals surface area (Å²) in [4.78, 5) is 30.7. The van der Waals surface area contributed by atoms with Crippen LogP contribution in [0.4, 0.5) is 0 Å². The number of carbonyl (C=O) groups is 1. The Morgan fingerprint density at radius 1 is 1.28 bits per heavy atom. The Hall–Kier alpha value is -3.51. The molecule has 1 aliphatic rings. The lowest BCUT2D eigenvalue weighted by molar-refractivity contribution is 0.0694.